The monoisotopic (exact) mass is 455 g/mol. The fourth-order valence-corrected chi connectivity index (χ4v) is 2.72. The molecule has 2 aromatic carbocycles. The molecule has 5 nitrogen and oxygen atoms in total. The molecule has 0 bridgehead atoms. The lowest BCUT2D eigenvalue weighted by molar-refractivity contribution is -0.116. The van der Waals surface area contributed by atoms with Gasteiger partial charge in [-0.15, -0.1) is 0 Å². The number of rotatable bonds is 9. The lowest BCUT2D eigenvalue weighted by atomic mass is 10.1. The topological polar surface area (TPSA) is 56.8 Å². The SMILES string of the molecule is COc1ccc(CCNC(=O)C(=COC(F)F)c2ccc(Br)cc2)cc1OC. The minimum Gasteiger partial charge on any atom is -0.493 e. The molecule has 2 aromatic rings. The Balaban J connectivity index is 2.05. The van der Waals surface area contributed by atoms with Crippen LogP contribution >= 0.6 is 15.9 Å². The maximum absolute atomic E-state index is 12.5. The van der Waals surface area contributed by atoms with E-state index in [9.17, 15) is 13.6 Å². The molecule has 0 unspecified atom stereocenters. The van der Waals surface area contributed by atoms with Gasteiger partial charge >= 0.3 is 6.61 Å². The predicted octanol–water partition coefficient (Wildman–Crippen LogP) is 4.41. The normalized spacial score (nSPS) is 11.3. The van der Waals surface area contributed by atoms with Crippen molar-refractivity contribution in [1.82, 2.24) is 5.32 Å². The molecule has 0 atom stereocenters. The van der Waals surface area contributed by atoms with Crippen molar-refractivity contribution in [2.45, 2.75) is 13.0 Å². The zero-order valence-electron chi connectivity index (χ0n) is 15.4. The summed E-state index contributed by atoms with van der Waals surface area (Å²) in [4.78, 5) is 12.5. The predicted molar refractivity (Wildman–Crippen MR) is 105 cm³/mol. The molecule has 0 spiro atoms. The Labute approximate surface area is 170 Å². The van der Waals surface area contributed by atoms with E-state index in [0.29, 0.717) is 30.0 Å². The zero-order valence-corrected chi connectivity index (χ0v) is 17.0. The number of amides is 1. The van der Waals surface area contributed by atoms with Gasteiger partial charge in [-0.2, -0.15) is 8.78 Å². The standard InChI is InChI=1S/C20H20BrF2NO4/c1-26-17-8-3-13(11-18(17)27-2)9-10-24-19(25)16(12-28-20(22)23)14-4-6-15(21)7-5-14/h3-8,11-12,20H,9-10H2,1-2H3,(H,24,25). The second-order valence-electron chi connectivity index (χ2n) is 5.63. The summed E-state index contributed by atoms with van der Waals surface area (Å²) in [5.74, 6) is 0.690. The van der Waals surface area contributed by atoms with Gasteiger partial charge in [-0.1, -0.05) is 34.1 Å². The third-order valence-corrected chi connectivity index (χ3v) is 4.36. The highest BCUT2D eigenvalue weighted by molar-refractivity contribution is 9.10. The molecular formula is C20H20BrF2NO4. The summed E-state index contributed by atoms with van der Waals surface area (Å²) < 4.78 is 40.3. The molecule has 1 N–H and O–H groups in total. The number of carbonyl (C=O) groups is 1. The van der Waals surface area contributed by atoms with Crippen LogP contribution in [0.15, 0.2) is 53.2 Å². The van der Waals surface area contributed by atoms with Crippen LogP contribution in [0.4, 0.5) is 8.78 Å². The van der Waals surface area contributed by atoms with Crippen LogP contribution in [0.2, 0.25) is 0 Å². The third-order valence-electron chi connectivity index (χ3n) is 3.84. The quantitative estimate of drug-likeness (QED) is 0.449. The maximum atomic E-state index is 12.5. The van der Waals surface area contributed by atoms with Crippen molar-refractivity contribution >= 4 is 27.4 Å². The molecular weight excluding hydrogens is 436 g/mol. The van der Waals surface area contributed by atoms with Crippen molar-refractivity contribution in [3.05, 3.63) is 64.3 Å². The van der Waals surface area contributed by atoms with Gasteiger partial charge in [-0.05, 0) is 41.8 Å². The Bertz CT molecular complexity index is 825. The van der Waals surface area contributed by atoms with E-state index in [1.165, 1.54) is 0 Å². The van der Waals surface area contributed by atoms with E-state index < -0.39 is 12.5 Å². The van der Waals surface area contributed by atoms with Gasteiger partial charge in [0.1, 0.15) is 6.26 Å². The number of hydrogen-bond acceptors (Lipinski definition) is 4. The van der Waals surface area contributed by atoms with Gasteiger partial charge in [0.05, 0.1) is 19.8 Å². The molecule has 150 valence electrons. The van der Waals surface area contributed by atoms with Crippen LogP contribution in [-0.2, 0) is 16.0 Å². The van der Waals surface area contributed by atoms with Gasteiger partial charge in [0.15, 0.2) is 11.5 Å². The molecule has 8 heteroatoms. The zero-order chi connectivity index (χ0) is 20.5. The number of carbonyl (C=O) groups excluding carboxylic acids is 1. The third kappa shape index (κ3) is 6.23. The van der Waals surface area contributed by atoms with E-state index in [1.54, 1.807) is 44.6 Å². The van der Waals surface area contributed by atoms with Crippen molar-refractivity contribution in [3.63, 3.8) is 0 Å². The lowest BCUT2D eigenvalue weighted by Crippen LogP contribution is -2.26. The Hall–Kier alpha value is -2.61. The molecule has 1 amide bonds. The first-order valence-electron chi connectivity index (χ1n) is 8.33. The average Bonchev–Trinajstić information content (AvgIpc) is 2.69. The molecule has 28 heavy (non-hydrogen) atoms. The summed E-state index contributed by atoms with van der Waals surface area (Å²) in [7, 11) is 3.09. The molecule has 0 radical (unpaired) electrons. The lowest BCUT2D eigenvalue weighted by Gasteiger charge is -2.12. The molecule has 0 fully saturated rings. The molecule has 0 aliphatic carbocycles. The van der Waals surface area contributed by atoms with E-state index in [1.807, 2.05) is 12.1 Å². The van der Waals surface area contributed by atoms with E-state index in [0.717, 1.165) is 16.3 Å². The van der Waals surface area contributed by atoms with Gasteiger partial charge in [-0.25, -0.2) is 0 Å². The smallest absolute Gasteiger partial charge is 0.386 e. The van der Waals surface area contributed by atoms with Crippen molar-refractivity contribution in [2.75, 3.05) is 20.8 Å². The Morgan fingerprint density at radius 2 is 1.79 bits per heavy atom. The van der Waals surface area contributed by atoms with E-state index in [4.69, 9.17) is 9.47 Å². The highest BCUT2D eigenvalue weighted by atomic mass is 79.9. The van der Waals surface area contributed by atoms with Crippen LogP contribution in [-0.4, -0.2) is 33.3 Å². The van der Waals surface area contributed by atoms with Gasteiger partial charge in [-0.3, -0.25) is 4.79 Å². The summed E-state index contributed by atoms with van der Waals surface area (Å²) in [6.07, 6.45) is 1.30. The highest BCUT2D eigenvalue weighted by Crippen LogP contribution is 2.27. The van der Waals surface area contributed by atoms with Gasteiger partial charge in [0.2, 0.25) is 0 Å². The van der Waals surface area contributed by atoms with Crippen molar-refractivity contribution in [2.24, 2.45) is 0 Å². The minimum absolute atomic E-state index is 0.0140. The Kier molecular flexibility index (Phi) is 8.25. The number of nitrogens with one attached hydrogen (secondary N) is 1. The van der Waals surface area contributed by atoms with Crippen LogP contribution in [0.5, 0.6) is 11.5 Å². The average molecular weight is 456 g/mol. The van der Waals surface area contributed by atoms with Crippen LogP contribution in [0.1, 0.15) is 11.1 Å². The molecule has 0 aliphatic heterocycles. The fraction of sp³-hybridized carbons (Fsp3) is 0.250. The molecule has 0 saturated heterocycles. The Morgan fingerprint density at radius 1 is 1.11 bits per heavy atom. The van der Waals surface area contributed by atoms with E-state index in [2.05, 4.69) is 26.0 Å². The minimum atomic E-state index is -3.01. The maximum Gasteiger partial charge on any atom is 0.386 e. The molecule has 2 rings (SSSR count). The summed E-state index contributed by atoms with van der Waals surface area (Å²) in [5.41, 5.74) is 1.41. The van der Waals surface area contributed by atoms with Gasteiger partial charge < -0.3 is 19.5 Å². The first-order valence-corrected chi connectivity index (χ1v) is 9.12. The number of ether oxygens (including phenoxy) is 3. The number of alkyl halides is 2. The second kappa shape index (κ2) is 10.7. The van der Waals surface area contributed by atoms with E-state index in [-0.39, 0.29) is 5.57 Å². The number of hydrogen-bond donors (Lipinski definition) is 1. The van der Waals surface area contributed by atoms with Gasteiger partial charge in [0.25, 0.3) is 5.91 Å². The molecule has 0 aromatic heterocycles. The number of benzene rings is 2. The molecule has 0 heterocycles. The highest BCUT2D eigenvalue weighted by Gasteiger charge is 2.14. The van der Waals surface area contributed by atoms with Crippen LogP contribution in [0, 0.1) is 0 Å². The first kappa shape index (κ1) is 21.7. The van der Waals surface area contributed by atoms with Crippen molar-refractivity contribution in [3.8, 4) is 11.5 Å². The van der Waals surface area contributed by atoms with Crippen LogP contribution < -0.4 is 14.8 Å². The molecule has 0 saturated carbocycles. The van der Waals surface area contributed by atoms with Crippen LogP contribution in [0.3, 0.4) is 0 Å². The summed E-state index contributed by atoms with van der Waals surface area (Å²) in [5, 5.41) is 2.72. The second-order valence-corrected chi connectivity index (χ2v) is 6.55. The van der Waals surface area contributed by atoms with E-state index >= 15 is 0 Å². The number of halogens is 3. The first-order chi connectivity index (χ1) is 13.4. The summed E-state index contributed by atoms with van der Waals surface area (Å²) in [6.45, 7) is -2.71. The Morgan fingerprint density at radius 3 is 2.39 bits per heavy atom. The molecule has 0 aliphatic rings. The van der Waals surface area contributed by atoms with Gasteiger partial charge in [0, 0.05) is 11.0 Å². The van der Waals surface area contributed by atoms with Crippen molar-refractivity contribution in [1.29, 1.82) is 0 Å². The number of methoxy groups -OCH3 is 2. The van der Waals surface area contributed by atoms with Crippen LogP contribution in [0.25, 0.3) is 5.57 Å². The van der Waals surface area contributed by atoms with Crippen molar-refractivity contribution < 1.29 is 27.8 Å². The summed E-state index contributed by atoms with van der Waals surface area (Å²) >= 11 is 3.29. The fourth-order valence-electron chi connectivity index (χ4n) is 2.45. The summed E-state index contributed by atoms with van der Waals surface area (Å²) in [6, 6.07) is 12.1. The largest absolute Gasteiger partial charge is 0.493 e.